The van der Waals surface area contributed by atoms with Gasteiger partial charge in [-0.25, -0.2) is 4.98 Å². The van der Waals surface area contributed by atoms with Crippen LogP contribution in [0.25, 0.3) is 22.6 Å². The Labute approximate surface area is 128 Å². The van der Waals surface area contributed by atoms with Gasteiger partial charge in [-0.1, -0.05) is 28.1 Å². The van der Waals surface area contributed by atoms with Crippen LogP contribution in [0, 0.1) is 0 Å². The number of imidazole rings is 1. The van der Waals surface area contributed by atoms with Gasteiger partial charge in [-0.15, -0.1) is 0 Å². The zero-order valence-corrected chi connectivity index (χ0v) is 12.6. The lowest BCUT2D eigenvalue weighted by molar-refractivity contribution is 0.454. The molecule has 0 unspecified atom stereocenters. The minimum absolute atomic E-state index is 0.147. The van der Waals surface area contributed by atoms with Crippen LogP contribution in [0.1, 0.15) is 0 Å². The van der Waals surface area contributed by atoms with Gasteiger partial charge in [0.1, 0.15) is 11.3 Å². The molecule has 0 amide bonds. The Bertz CT molecular complexity index is 852. The molecule has 0 aliphatic carbocycles. The first-order valence-electron chi connectivity index (χ1n) is 6.12. The minimum Gasteiger partial charge on any atom is -0.493 e. The smallest absolute Gasteiger partial charge is 0.262 e. The fourth-order valence-corrected chi connectivity index (χ4v) is 2.31. The second-order valence-electron chi connectivity index (χ2n) is 4.51. The molecule has 21 heavy (non-hydrogen) atoms. The molecule has 3 rings (SSSR count). The van der Waals surface area contributed by atoms with Crippen LogP contribution in [0.3, 0.4) is 0 Å². The van der Waals surface area contributed by atoms with E-state index in [0.717, 1.165) is 4.47 Å². The molecule has 0 saturated heterocycles. The number of H-pyrrole nitrogens is 1. The van der Waals surface area contributed by atoms with Crippen molar-refractivity contribution in [3.63, 3.8) is 0 Å². The summed E-state index contributed by atoms with van der Waals surface area (Å²) in [5.41, 5.74) is 0.959. The summed E-state index contributed by atoms with van der Waals surface area (Å²) in [6, 6.07) is 7.06. The summed E-state index contributed by atoms with van der Waals surface area (Å²) in [7, 11) is 1.78. The highest BCUT2D eigenvalue weighted by atomic mass is 79.9. The van der Waals surface area contributed by atoms with Gasteiger partial charge in [-0.3, -0.25) is 4.79 Å². The van der Waals surface area contributed by atoms with Crippen molar-refractivity contribution in [3.05, 3.63) is 51.6 Å². The van der Waals surface area contributed by atoms with E-state index in [4.69, 9.17) is 0 Å². The number of hydrogen-bond donors (Lipinski definition) is 2. The van der Waals surface area contributed by atoms with Crippen molar-refractivity contribution < 1.29 is 5.11 Å². The zero-order valence-electron chi connectivity index (χ0n) is 11.0. The lowest BCUT2D eigenvalue weighted by Gasteiger charge is -2.06. The molecule has 0 fully saturated rings. The van der Waals surface area contributed by atoms with Gasteiger partial charge in [0.2, 0.25) is 5.88 Å². The molecule has 2 aromatic heterocycles. The van der Waals surface area contributed by atoms with Crippen molar-refractivity contribution in [3.8, 4) is 28.5 Å². The van der Waals surface area contributed by atoms with Crippen LogP contribution in [-0.2, 0) is 7.05 Å². The molecule has 0 saturated carbocycles. The van der Waals surface area contributed by atoms with E-state index >= 15 is 0 Å². The maximum atomic E-state index is 12.3. The number of nitrogens with zero attached hydrogens (tertiary/aromatic N) is 3. The van der Waals surface area contributed by atoms with Crippen molar-refractivity contribution in [2.75, 3.05) is 0 Å². The highest BCUT2D eigenvalue weighted by Gasteiger charge is 2.15. The molecule has 3 aromatic rings. The van der Waals surface area contributed by atoms with Crippen molar-refractivity contribution in [2.24, 2.45) is 7.05 Å². The SMILES string of the molecule is Cn1cncc1-c1nc(O)c(-c2ccc(Br)cc2)c(=O)[nH]1. The number of hydrogen-bond acceptors (Lipinski definition) is 4. The number of aromatic amines is 1. The maximum absolute atomic E-state index is 12.3. The largest absolute Gasteiger partial charge is 0.493 e. The van der Waals surface area contributed by atoms with Gasteiger partial charge in [0.05, 0.1) is 12.5 Å². The summed E-state index contributed by atoms with van der Waals surface area (Å²) in [5, 5.41) is 10.1. The van der Waals surface area contributed by atoms with Crippen LogP contribution in [0.15, 0.2) is 46.1 Å². The fraction of sp³-hybridized carbons (Fsp3) is 0.0714. The Morgan fingerprint density at radius 3 is 2.57 bits per heavy atom. The number of aromatic hydroxyl groups is 1. The average Bonchev–Trinajstić information content (AvgIpc) is 2.86. The Kier molecular flexibility index (Phi) is 3.34. The van der Waals surface area contributed by atoms with Gasteiger partial charge in [0, 0.05) is 11.5 Å². The Balaban J connectivity index is 2.15. The van der Waals surface area contributed by atoms with Gasteiger partial charge >= 0.3 is 0 Å². The molecule has 0 bridgehead atoms. The predicted molar refractivity (Wildman–Crippen MR) is 81.9 cm³/mol. The molecule has 6 nitrogen and oxygen atoms in total. The molecule has 106 valence electrons. The zero-order chi connectivity index (χ0) is 15.0. The van der Waals surface area contributed by atoms with Crippen LogP contribution in [0.4, 0.5) is 0 Å². The number of aromatic nitrogens is 4. The standard InChI is InChI=1S/C14H11BrN4O2/c1-19-7-16-6-10(19)12-17-13(20)11(14(21)18-12)8-2-4-9(15)5-3-8/h2-7H,1H3,(H2,17,18,20,21). The summed E-state index contributed by atoms with van der Waals surface area (Å²) in [4.78, 5) is 23.0. The van der Waals surface area contributed by atoms with E-state index < -0.39 is 5.56 Å². The van der Waals surface area contributed by atoms with Gasteiger partial charge in [-0.2, -0.15) is 4.98 Å². The van der Waals surface area contributed by atoms with Gasteiger partial charge < -0.3 is 14.7 Å². The molecular weight excluding hydrogens is 336 g/mol. The molecule has 0 atom stereocenters. The van der Waals surface area contributed by atoms with E-state index in [1.807, 2.05) is 0 Å². The number of aryl methyl sites for hydroxylation is 1. The van der Waals surface area contributed by atoms with Gasteiger partial charge in [0.25, 0.3) is 5.56 Å². The maximum Gasteiger partial charge on any atom is 0.262 e. The van der Waals surface area contributed by atoms with Crippen molar-refractivity contribution in [2.45, 2.75) is 0 Å². The first kappa shape index (κ1) is 13.6. The van der Waals surface area contributed by atoms with E-state index in [9.17, 15) is 9.90 Å². The van der Waals surface area contributed by atoms with Crippen molar-refractivity contribution in [1.82, 2.24) is 19.5 Å². The normalized spacial score (nSPS) is 10.8. The number of halogens is 1. The molecule has 2 heterocycles. The summed E-state index contributed by atoms with van der Waals surface area (Å²) >= 11 is 3.33. The lowest BCUT2D eigenvalue weighted by Crippen LogP contribution is -2.13. The minimum atomic E-state index is -0.402. The summed E-state index contributed by atoms with van der Waals surface area (Å²) < 4.78 is 2.60. The molecule has 0 aliphatic rings. The third kappa shape index (κ3) is 2.47. The van der Waals surface area contributed by atoms with Crippen LogP contribution in [0.5, 0.6) is 5.88 Å². The van der Waals surface area contributed by atoms with Gasteiger partial charge in [0.15, 0.2) is 5.82 Å². The van der Waals surface area contributed by atoms with Crippen LogP contribution < -0.4 is 5.56 Å². The quantitative estimate of drug-likeness (QED) is 0.745. The van der Waals surface area contributed by atoms with E-state index in [1.54, 1.807) is 48.4 Å². The number of rotatable bonds is 2. The van der Waals surface area contributed by atoms with Crippen molar-refractivity contribution >= 4 is 15.9 Å². The first-order valence-corrected chi connectivity index (χ1v) is 6.91. The first-order chi connectivity index (χ1) is 10.1. The topological polar surface area (TPSA) is 83.8 Å². The van der Waals surface area contributed by atoms with Crippen LogP contribution in [-0.4, -0.2) is 24.6 Å². The summed E-state index contributed by atoms with van der Waals surface area (Å²) in [5.74, 6) is -0.0318. The number of benzene rings is 1. The molecule has 7 heteroatoms. The highest BCUT2D eigenvalue weighted by Crippen LogP contribution is 2.26. The van der Waals surface area contributed by atoms with E-state index in [0.29, 0.717) is 11.3 Å². The Hall–Kier alpha value is -2.41. The molecule has 0 aliphatic heterocycles. The summed E-state index contributed by atoms with van der Waals surface area (Å²) in [6.07, 6.45) is 3.16. The van der Waals surface area contributed by atoms with E-state index in [1.165, 1.54) is 0 Å². The average molecular weight is 347 g/mol. The van der Waals surface area contributed by atoms with E-state index in [2.05, 4.69) is 30.9 Å². The molecular formula is C14H11BrN4O2. The molecule has 1 aromatic carbocycles. The Morgan fingerprint density at radius 1 is 1.29 bits per heavy atom. The second-order valence-corrected chi connectivity index (χ2v) is 5.43. The molecule has 0 spiro atoms. The summed E-state index contributed by atoms with van der Waals surface area (Å²) in [6.45, 7) is 0. The van der Waals surface area contributed by atoms with Gasteiger partial charge in [-0.05, 0) is 17.7 Å². The fourth-order valence-electron chi connectivity index (χ4n) is 2.04. The Morgan fingerprint density at radius 2 is 2.00 bits per heavy atom. The van der Waals surface area contributed by atoms with E-state index in [-0.39, 0.29) is 17.3 Å². The molecule has 2 N–H and O–H groups in total. The second kappa shape index (κ2) is 5.17. The van der Waals surface area contributed by atoms with Crippen LogP contribution in [0.2, 0.25) is 0 Å². The third-order valence-corrected chi connectivity index (χ3v) is 3.62. The van der Waals surface area contributed by atoms with Crippen molar-refractivity contribution in [1.29, 1.82) is 0 Å². The molecule has 0 radical (unpaired) electrons. The number of nitrogens with one attached hydrogen (secondary N) is 1. The monoisotopic (exact) mass is 346 g/mol. The highest BCUT2D eigenvalue weighted by molar-refractivity contribution is 9.10. The predicted octanol–water partition coefficient (Wildman–Crippen LogP) is 2.31. The van der Waals surface area contributed by atoms with Crippen LogP contribution >= 0.6 is 15.9 Å². The lowest BCUT2D eigenvalue weighted by atomic mass is 10.1. The third-order valence-electron chi connectivity index (χ3n) is 3.09.